The highest BCUT2D eigenvalue weighted by atomic mass is 79.9. The van der Waals surface area contributed by atoms with Gasteiger partial charge in [0.15, 0.2) is 17.3 Å². The fraction of sp³-hybridized carbons (Fsp3) is 0.333. The van der Waals surface area contributed by atoms with E-state index >= 15 is 0 Å². The molecule has 0 saturated heterocycles. The Labute approximate surface area is 169 Å². The summed E-state index contributed by atoms with van der Waals surface area (Å²) in [6.07, 6.45) is -3.71. The maximum Gasteiger partial charge on any atom is 0.586 e. The quantitative estimate of drug-likeness (QED) is 0.460. The van der Waals surface area contributed by atoms with Crippen molar-refractivity contribution >= 4 is 29.2 Å². The molecule has 1 heterocycles. The zero-order valence-corrected chi connectivity index (χ0v) is 17.6. The maximum absolute atomic E-state index is 13.4. The van der Waals surface area contributed by atoms with Crippen LogP contribution in [0.1, 0.15) is 25.2 Å². The number of fused-ring (bicyclic) bond motifs is 1. The van der Waals surface area contributed by atoms with Crippen LogP contribution in [0, 0.1) is 0 Å². The predicted molar refractivity (Wildman–Crippen MR) is 104 cm³/mol. The molecule has 1 N–H and O–H groups in total. The van der Waals surface area contributed by atoms with Gasteiger partial charge < -0.3 is 23.8 Å². The lowest BCUT2D eigenvalue weighted by atomic mass is 10.2. The predicted octanol–water partition coefficient (Wildman–Crippen LogP) is 6.15. The Hall–Kier alpha value is -1.67. The molecule has 0 fully saturated rings. The minimum absolute atomic E-state index is 0.0754. The summed E-state index contributed by atoms with van der Waals surface area (Å²) >= 11 is 3.36. The van der Waals surface area contributed by atoms with Gasteiger partial charge in [-0.15, -0.1) is 8.78 Å². The Bertz CT molecular complexity index is 871. The van der Waals surface area contributed by atoms with Crippen LogP contribution in [0.5, 0.6) is 11.5 Å². The zero-order valence-electron chi connectivity index (χ0n) is 15.2. The summed E-state index contributed by atoms with van der Waals surface area (Å²) < 4.78 is 60.7. The SMILES string of the molecule is CCOP(=O)(OCC)C(Nc1ccc2c(c1)OC(F)(F)O2)c1ccc(Br)cc1. The number of ether oxygens (including phenoxy) is 2. The van der Waals surface area contributed by atoms with Gasteiger partial charge in [-0.1, -0.05) is 28.1 Å². The molecule has 0 amide bonds. The highest BCUT2D eigenvalue weighted by Gasteiger charge is 2.44. The average Bonchev–Trinajstić information content (AvgIpc) is 2.94. The molecule has 1 aliphatic heterocycles. The molecule has 0 spiro atoms. The van der Waals surface area contributed by atoms with Crippen molar-refractivity contribution < 1.29 is 31.9 Å². The van der Waals surface area contributed by atoms with Crippen LogP contribution < -0.4 is 14.8 Å². The normalized spacial score (nSPS) is 16.0. The third-order valence-electron chi connectivity index (χ3n) is 3.82. The number of rotatable bonds is 8. The van der Waals surface area contributed by atoms with Crippen LogP contribution >= 0.6 is 23.5 Å². The van der Waals surface area contributed by atoms with Crippen LogP contribution in [-0.4, -0.2) is 19.5 Å². The van der Waals surface area contributed by atoms with Crippen molar-refractivity contribution in [1.82, 2.24) is 0 Å². The molecule has 152 valence electrons. The van der Waals surface area contributed by atoms with E-state index in [2.05, 4.69) is 30.7 Å². The second-order valence-electron chi connectivity index (χ2n) is 5.80. The Morgan fingerprint density at radius 1 is 1.07 bits per heavy atom. The van der Waals surface area contributed by atoms with E-state index < -0.39 is 19.7 Å². The summed E-state index contributed by atoms with van der Waals surface area (Å²) in [7, 11) is -3.62. The molecule has 0 aromatic heterocycles. The number of anilines is 1. The number of halogens is 3. The van der Waals surface area contributed by atoms with Gasteiger partial charge in [0.2, 0.25) is 0 Å². The zero-order chi connectivity index (χ0) is 20.4. The third-order valence-corrected chi connectivity index (χ3v) is 6.65. The first-order chi connectivity index (χ1) is 13.3. The lowest BCUT2D eigenvalue weighted by molar-refractivity contribution is -0.286. The molecular formula is C18H19BrF2NO5P. The van der Waals surface area contributed by atoms with Gasteiger partial charge in [-0.3, -0.25) is 4.57 Å². The van der Waals surface area contributed by atoms with Gasteiger partial charge in [0.25, 0.3) is 0 Å². The first-order valence-corrected chi connectivity index (χ1v) is 11.0. The van der Waals surface area contributed by atoms with Gasteiger partial charge in [-0.05, 0) is 43.7 Å². The largest absolute Gasteiger partial charge is 0.586 e. The monoisotopic (exact) mass is 477 g/mol. The number of alkyl halides is 2. The molecule has 0 radical (unpaired) electrons. The molecule has 0 bridgehead atoms. The Morgan fingerprint density at radius 2 is 1.68 bits per heavy atom. The molecule has 1 atom stereocenters. The molecule has 10 heteroatoms. The highest BCUT2D eigenvalue weighted by Crippen LogP contribution is 2.61. The van der Waals surface area contributed by atoms with Crippen LogP contribution in [0.15, 0.2) is 46.9 Å². The van der Waals surface area contributed by atoms with Gasteiger partial charge in [0.1, 0.15) is 0 Å². The summed E-state index contributed by atoms with van der Waals surface area (Å²) in [6.45, 7) is 3.79. The second-order valence-corrected chi connectivity index (χ2v) is 8.83. The van der Waals surface area contributed by atoms with Crippen molar-refractivity contribution in [3.8, 4) is 11.5 Å². The van der Waals surface area contributed by atoms with E-state index in [1.165, 1.54) is 18.2 Å². The van der Waals surface area contributed by atoms with Crippen molar-refractivity contribution in [2.24, 2.45) is 0 Å². The summed E-state index contributed by atoms with van der Waals surface area (Å²) in [5.74, 6) is -1.05. The molecule has 1 aliphatic rings. The van der Waals surface area contributed by atoms with E-state index in [9.17, 15) is 13.3 Å². The van der Waals surface area contributed by atoms with Gasteiger partial charge in [0, 0.05) is 16.2 Å². The fourth-order valence-electron chi connectivity index (χ4n) is 2.73. The number of hydrogen-bond donors (Lipinski definition) is 1. The number of benzene rings is 2. The van der Waals surface area contributed by atoms with Crippen LogP contribution in [0.25, 0.3) is 0 Å². The van der Waals surface area contributed by atoms with E-state index in [-0.39, 0.29) is 24.7 Å². The highest BCUT2D eigenvalue weighted by molar-refractivity contribution is 9.10. The molecule has 6 nitrogen and oxygen atoms in total. The second kappa shape index (κ2) is 8.37. The van der Waals surface area contributed by atoms with E-state index in [0.717, 1.165) is 4.47 Å². The molecular weight excluding hydrogens is 459 g/mol. The topological polar surface area (TPSA) is 66.0 Å². The van der Waals surface area contributed by atoms with Crippen LogP contribution in [-0.2, 0) is 13.6 Å². The summed E-state index contributed by atoms with van der Waals surface area (Å²) in [6, 6.07) is 11.4. The van der Waals surface area contributed by atoms with Crippen molar-refractivity contribution in [3.05, 3.63) is 52.5 Å². The van der Waals surface area contributed by atoms with Crippen LogP contribution in [0.3, 0.4) is 0 Å². The molecule has 0 aliphatic carbocycles. The van der Waals surface area contributed by atoms with Crippen molar-refractivity contribution in [2.75, 3.05) is 18.5 Å². The lowest BCUT2D eigenvalue weighted by Crippen LogP contribution is -2.25. The van der Waals surface area contributed by atoms with Crippen molar-refractivity contribution in [3.63, 3.8) is 0 Å². The first kappa shape index (κ1) is 21.0. The first-order valence-electron chi connectivity index (χ1n) is 8.57. The minimum atomic E-state index is -3.71. The number of hydrogen-bond acceptors (Lipinski definition) is 6. The fourth-order valence-corrected chi connectivity index (χ4v) is 4.93. The average molecular weight is 478 g/mol. The molecule has 28 heavy (non-hydrogen) atoms. The van der Waals surface area contributed by atoms with E-state index in [4.69, 9.17) is 9.05 Å². The molecule has 1 unspecified atom stereocenters. The van der Waals surface area contributed by atoms with Gasteiger partial charge in [-0.25, -0.2) is 0 Å². The Kier molecular flexibility index (Phi) is 6.29. The van der Waals surface area contributed by atoms with Gasteiger partial charge in [0.05, 0.1) is 13.2 Å². The third kappa shape index (κ3) is 4.66. The molecule has 3 rings (SSSR count). The van der Waals surface area contributed by atoms with Gasteiger partial charge >= 0.3 is 13.9 Å². The molecule has 0 saturated carbocycles. The maximum atomic E-state index is 13.4. The van der Waals surface area contributed by atoms with Crippen molar-refractivity contribution in [1.29, 1.82) is 0 Å². The molecule has 2 aromatic rings. The Morgan fingerprint density at radius 3 is 2.29 bits per heavy atom. The van der Waals surface area contributed by atoms with Gasteiger partial charge in [-0.2, -0.15) is 0 Å². The number of nitrogens with one attached hydrogen (secondary N) is 1. The molecule has 2 aromatic carbocycles. The van der Waals surface area contributed by atoms with Crippen molar-refractivity contribution in [2.45, 2.75) is 25.9 Å². The van der Waals surface area contributed by atoms with E-state index in [0.29, 0.717) is 11.3 Å². The van der Waals surface area contributed by atoms with E-state index in [1.54, 1.807) is 38.1 Å². The lowest BCUT2D eigenvalue weighted by Gasteiger charge is -2.28. The van der Waals surface area contributed by atoms with E-state index in [1.807, 2.05) is 0 Å². The van der Waals surface area contributed by atoms with Crippen LogP contribution in [0.2, 0.25) is 0 Å². The Balaban J connectivity index is 1.96. The summed E-state index contributed by atoms with van der Waals surface area (Å²) in [5, 5.41) is 3.07. The smallest absolute Gasteiger partial charge is 0.395 e. The summed E-state index contributed by atoms with van der Waals surface area (Å²) in [5.41, 5.74) is 1.05. The van der Waals surface area contributed by atoms with Crippen LogP contribution in [0.4, 0.5) is 14.5 Å². The standard InChI is InChI=1S/C18H19BrF2NO5P/c1-3-24-28(23,25-4-2)17(12-5-7-13(19)8-6-12)22-14-9-10-15-16(11-14)27-18(20,21)26-15/h5-11,17,22H,3-4H2,1-2H3. The summed E-state index contributed by atoms with van der Waals surface area (Å²) in [4.78, 5) is 0. The minimum Gasteiger partial charge on any atom is -0.395 e.